The molecule has 0 aliphatic carbocycles. The number of aliphatic hydroxyl groups is 1. The summed E-state index contributed by atoms with van der Waals surface area (Å²) in [5, 5.41) is 12.1. The highest BCUT2D eigenvalue weighted by molar-refractivity contribution is 7.13. The Morgan fingerprint density at radius 1 is 1.31 bits per heavy atom. The van der Waals surface area contributed by atoms with Crippen molar-refractivity contribution in [3.8, 4) is 0 Å². The number of aromatic nitrogens is 1. The SMILES string of the molecule is [2H]c1sc(N)nc1C([2H])([2H])C(=O)Nc1c([2H])c([2H])c(C([2H])([2H])CCC[C@H](O)c2c([2H])c([2H])c([2H])c(C)c2[2H])c([2H])c1[2H]. The second kappa shape index (κ2) is 10.2. The van der Waals surface area contributed by atoms with Crippen LogP contribution < -0.4 is 11.1 Å². The maximum atomic E-state index is 12.8. The molecule has 0 aliphatic rings. The fourth-order valence-electron chi connectivity index (χ4n) is 2.30. The molecular weight excluding hydrogens is 382 g/mol. The van der Waals surface area contributed by atoms with Crippen LogP contribution in [-0.4, -0.2) is 16.0 Å². The Bertz CT molecular complexity index is 1500. The van der Waals surface area contributed by atoms with E-state index in [1.807, 2.05) is 5.32 Å². The molecule has 0 bridgehead atoms. The number of aliphatic hydroxyl groups excluding tert-OH is 1. The van der Waals surface area contributed by atoms with Gasteiger partial charge in [0.15, 0.2) is 5.13 Å². The molecule has 1 aromatic heterocycles. The number of nitrogens with two attached hydrogens (primary N) is 1. The molecule has 0 aliphatic heterocycles. The van der Waals surface area contributed by atoms with Crippen molar-refractivity contribution in [2.45, 2.75) is 45.0 Å². The van der Waals surface area contributed by atoms with E-state index in [0.717, 1.165) is 0 Å². The fourth-order valence-corrected chi connectivity index (χ4v) is 2.74. The predicted molar refractivity (Wildman–Crippen MR) is 119 cm³/mol. The molecule has 1 atom stereocenters. The minimum atomic E-state index is -2.92. The summed E-state index contributed by atoms with van der Waals surface area (Å²) in [7, 11) is 0. The zero-order chi connectivity index (χ0) is 32.1. The van der Waals surface area contributed by atoms with Gasteiger partial charge in [-0.1, -0.05) is 48.2 Å². The van der Waals surface area contributed by atoms with E-state index in [1.165, 1.54) is 6.92 Å². The Labute approximate surface area is 193 Å². The lowest BCUT2D eigenvalue weighted by Crippen LogP contribution is -2.14. The molecule has 0 spiro atoms. The molecule has 5 nitrogen and oxygen atoms in total. The first-order chi connectivity index (χ1) is 19.2. The quantitative estimate of drug-likeness (QED) is 0.468. The van der Waals surface area contributed by atoms with Crippen molar-refractivity contribution in [1.82, 2.24) is 4.98 Å². The number of rotatable bonds is 9. The molecule has 0 fully saturated rings. The van der Waals surface area contributed by atoms with Crippen molar-refractivity contribution >= 4 is 28.1 Å². The number of carbonyl (C=O) groups is 1. The van der Waals surface area contributed by atoms with Gasteiger partial charge >= 0.3 is 0 Å². The maximum Gasteiger partial charge on any atom is 0.230 e. The first-order valence-corrected chi connectivity index (χ1v) is 9.47. The lowest BCUT2D eigenvalue weighted by molar-refractivity contribution is -0.115. The van der Waals surface area contributed by atoms with Gasteiger partial charge in [0.1, 0.15) is 0 Å². The van der Waals surface area contributed by atoms with Gasteiger partial charge in [0.25, 0.3) is 0 Å². The second-order valence-electron chi connectivity index (χ2n) is 5.96. The number of amides is 1. The third kappa shape index (κ3) is 6.69. The number of thiazole rings is 1. The summed E-state index contributed by atoms with van der Waals surface area (Å²) in [6.45, 7) is 1.42. The third-order valence-corrected chi connectivity index (χ3v) is 4.22. The highest BCUT2D eigenvalue weighted by Gasteiger charge is 2.08. The molecule has 152 valence electrons. The van der Waals surface area contributed by atoms with E-state index in [4.69, 9.17) is 23.6 Å². The molecule has 6 heteroatoms. The van der Waals surface area contributed by atoms with Gasteiger partial charge in [-0.25, -0.2) is 4.98 Å². The van der Waals surface area contributed by atoms with Crippen LogP contribution in [0.15, 0.2) is 53.7 Å². The number of anilines is 2. The molecule has 2 aromatic carbocycles. The molecule has 0 unspecified atom stereocenters. The fraction of sp³-hybridized carbons (Fsp3) is 0.304. The first kappa shape index (κ1) is 9.87. The third-order valence-electron chi connectivity index (χ3n) is 3.63. The Morgan fingerprint density at radius 2 is 2.10 bits per heavy atom. The Kier molecular flexibility index (Phi) is 3.47. The zero-order valence-corrected chi connectivity index (χ0v) is 16.3. The summed E-state index contributed by atoms with van der Waals surface area (Å²) in [5.74, 6) is -1.43. The Balaban J connectivity index is 1.85. The molecule has 3 rings (SSSR count). The van der Waals surface area contributed by atoms with Crippen LogP contribution in [0.3, 0.4) is 0 Å². The van der Waals surface area contributed by atoms with E-state index in [-0.39, 0.29) is 41.2 Å². The van der Waals surface area contributed by atoms with Gasteiger partial charge in [-0.15, -0.1) is 11.3 Å². The largest absolute Gasteiger partial charge is 0.388 e. The van der Waals surface area contributed by atoms with Crippen LogP contribution in [0, 0.1) is 6.92 Å². The zero-order valence-electron chi connectivity index (χ0n) is 28.5. The number of benzene rings is 2. The minimum absolute atomic E-state index is 0.0908. The normalized spacial score (nSPS) is 19.3. The first-order valence-electron chi connectivity index (χ1n) is 15.2. The van der Waals surface area contributed by atoms with Gasteiger partial charge in [-0.05, 0) is 49.4 Å². The highest BCUT2D eigenvalue weighted by atomic mass is 32.1. The lowest BCUT2D eigenvalue weighted by atomic mass is 10.00. The van der Waals surface area contributed by atoms with E-state index < -0.39 is 89.7 Å². The van der Waals surface area contributed by atoms with Crippen molar-refractivity contribution in [3.63, 3.8) is 0 Å². The molecule has 3 aromatic rings. The van der Waals surface area contributed by atoms with Crippen molar-refractivity contribution < 1.29 is 27.7 Å². The van der Waals surface area contributed by atoms with Crippen LogP contribution in [0.1, 0.15) is 65.6 Å². The van der Waals surface area contributed by atoms with Gasteiger partial charge in [0.2, 0.25) is 5.91 Å². The van der Waals surface area contributed by atoms with Crippen molar-refractivity contribution in [1.29, 1.82) is 0 Å². The second-order valence-corrected chi connectivity index (χ2v) is 6.78. The highest BCUT2D eigenvalue weighted by Crippen LogP contribution is 2.21. The molecule has 0 saturated carbocycles. The van der Waals surface area contributed by atoms with Crippen molar-refractivity contribution in [2.24, 2.45) is 0 Å². The van der Waals surface area contributed by atoms with Crippen LogP contribution in [-0.2, 0) is 17.5 Å². The number of nitrogen functional groups attached to an aromatic ring is 1. The van der Waals surface area contributed by atoms with E-state index in [0.29, 0.717) is 11.3 Å². The van der Waals surface area contributed by atoms with Crippen molar-refractivity contribution in [3.05, 3.63) is 76.1 Å². The average molecular weight is 423 g/mol. The van der Waals surface area contributed by atoms with Gasteiger partial charge in [-0.3, -0.25) is 4.79 Å². The van der Waals surface area contributed by atoms with Crippen molar-refractivity contribution in [2.75, 3.05) is 11.1 Å². The lowest BCUT2D eigenvalue weighted by Gasteiger charge is -2.11. The minimum Gasteiger partial charge on any atom is -0.388 e. The van der Waals surface area contributed by atoms with E-state index >= 15 is 0 Å². The van der Waals surface area contributed by atoms with Gasteiger partial charge < -0.3 is 16.2 Å². The number of carbonyl (C=O) groups excluding carboxylic acids is 1. The van der Waals surface area contributed by atoms with Gasteiger partial charge in [-0.2, -0.15) is 0 Å². The summed E-state index contributed by atoms with van der Waals surface area (Å²) >= 11 is 0.633. The smallest absolute Gasteiger partial charge is 0.230 e. The number of nitrogens with one attached hydrogen (secondary N) is 1. The number of hydrogen-bond acceptors (Lipinski definition) is 5. The van der Waals surface area contributed by atoms with Crippen LogP contribution in [0.25, 0.3) is 0 Å². The predicted octanol–water partition coefficient (Wildman–Crippen LogP) is 4.66. The summed E-state index contributed by atoms with van der Waals surface area (Å²) in [6, 6.07) is -4.82. The molecule has 1 amide bonds. The number of nitrogens with zero attached hydrogens (tertiary/aromatic N) is 1. The molecule has 0 radical (unpaired) electrons. The van der Waals surface area contributed by atoms with Crippen LogP contribution >= 0.6 is 11.3 Å². The summed E-state index contributed by atoms with van der Waals surface area (Å²) in [6.07, 6.45) is -7.48. The van der Waals surface area contributed by atoms with Crippen LogP contribution in [0.5, 0.6) is 0 Å². The number of hydrogen-bond donors (Lipinski definition) is 3. The summed E-state index contributed by atoms with van der Waals surface area (Å²) in [4.78, 5) is 16.4. The molecule has 29 heavy (non-hydrogen) atoms. The topological polar surface area (TPSA) is 88.2 Å². The van der Waals surface area contributed by atoms with Gasteiger partial charge in [0.05, 0.1) is 30.5 Å². The van der Waals surface area contributed by atoms with E-state index in [2.05, 4.69) is 4.98 Å². The molecular formula is C23H27N3O2S. The molecule has 4 N–H and O–H groups in total. The monoisotopic (exact) mass is 422 g/mol. The molecule has 0 saturated heterocycles. The van der Waals surface area contributed by atoms with E-state index in [9.17, 15) is 9.90 Å². The van der Waals surface area contributed by atoms with Crippen LogP contribution in [0.4, 0.5) is 10.8 Å². The molecule has 1 heterocycles. The Morgan fingerprint density at radius 3 is 2.83 bits per heavy atom. The summed E-state index contributed by atoms with van der Waals surface area (Å²) in [5.41, 5.74) is 3.51. The standard InChI is InChI=1S/C23H27N3O2S/c1-16-5-4-7-18(13-16)21(27)8-3-2-6-17-9-11-19(12-10-17)25-22(28)14-20-15-29-23(24)26-20/h4-5,7,9-13,15,21,27H,2-3,6,8,14H2,1H3,(H2,24,26)(H,25,28)/t21-/m0/s1/i4D,5D,6D2,7D,9D,10D,11D,12D,13D,14D2,15D. The Hall–Kier alpha value is -2.70. The maximum absolute atomic E-state index is 12.8. The van der Waals surface area contributed by atoms with Crippen LogP contribution in [0.2, 0.25) is 0 Å². The summed E-state index contributed by atoms with van der Waals surface area (Å²) < 4.78 is 106. The van der Waals surface area contributed by atoms with E-state index in [1.54, 1.807) is 0 Å². The van der Waals surface area contributed by atoms with Gasteiger partial charge in [0, 0.05) is 16.5 Å². The average Bonchev–Trinajstić information content (AvgIpc) is 3.25.